The zero-order valence-electron chi connectivity index (χ0n) is 18.9. The van der Waals surface area contributed by atoms with Gasteiger partial charge in [-0.2, -0.15) is 0 Å². The summed E-state index contributed by atoms with van der Waals surface area (Å²) >= 11 is 0. The summed E-state index contributed by atoms with van der Waals surface area (Å²) in [5, 5.41) is 20.9. The van der Waals surface area contributed by atoms with E-state index in [2.05, 4.69) is 0 Å². The number of hydrogen-bond acceptors (Lipinski definition) is 4. The molecule has 7 nitrogen and oxygen atoms in total. The molecule has 1 atom stereocenters. The van der Waals surface area contributed by atoms with Gasteiger partial charge in [0.1, 0.15) is 12.4 Å². The second-order valence-electron chi connectivity index (χ2n) is 9.04. The number of piperazine rings is 1. The molecular weight excluding hydrogens is 420 g/mol. The Balaban J connectivity index is 1.56. The molecule has 2 aromatic rings. The van der Waals surface area contributed by atoms with Gasteiger partial charge in [-0.05, 0) is 36.1 Å². The first kappa shape index (κ1) is 23.1. The van der Waals surface area contributed by atoms with Crippen LogP contribution in [0.1, 0.15) is 49.1 Å². The Labute approximate surface area is 194 Å². The maximum atomic E-state index is 13.7. The first-order valence-electron chi connectivity index (χ1n) is 11.7. The number of ether oxygens (including phenoxy) is 1. The molecule has 4 rings (SSSR count). The molecule has 0 bridgehead atoms. The molecule has 2 amide bonds. The van der Waals surface area contributed by atoms with Crippen molar-refractivity contribution in [3.05, 3.63) is 65.7 Å². The van der Waals surface area contributed by atoms with Crippen molar-refractivity contribution >= 4 is 12.0 Å². The lowest BCUT2D eigenvalue weighted by atomic mass is 9.72. The van der Waals surface area contributed by atoms with E-state index in [4.69, 9.17) is 4.74 Å². The van der Waals surface area contributed by atoms with Crippen molar-refractivity contribution in [1.29, 1.82) is 0 Å². The Morgan fingerprint density at radius 1 is 0.909 bits per heavy atom. The van der Waals surface area contributed by atoms with Gasteiger partial charge < -0.3 is 24.7 Å². The van der Waals surface area contributed by atoms with Gasteiger partial charge >= 0.3 is 6.09 Å². The van der Waals surface area contributed by atoms with Crippen molar-refractivity contribution < 1.29 is 24.5 Å². The van der Waals surface area contributed by atoms with Crippen LogP contribution in [0.25, 0.3) is 0 Å². The van der Waals surface area contributed by atoms with E-state index in [1.165, 1.54) is 4.90 Å². The van der Waals surface area contributed by atoms with Crippen LogP contribution in [0.2, 0.25) is 0 Å². The third kappa shape index (κ3) is 5.47. The van der Waals surface area contributed by atoms with Crippen LogP contribution in [0.3, 0.4) is 0 Å². The van der Waals surface area contributed by atoms with Gasteiger partial charge in [0.05, 0.1) is 11.5 Å². The van der Waals surface area contributed by atoms with Crippen molar-refractivity contribution in [2.24, 2.45) is 0 Å². The van der Waals surface area contributed by atoms with E-state index in [1.54, 1.807) is 4.90 Å². The number of nitrogens with zero attached hydrogens (tertiary/aromatic N) is 2. The van der Waals surface area contributed by atoms with Gasteiger partial charge in [-0.1, -0.05) is 61.7 Å². The summed E-state index contributed by atoms with van der Waals surface area (Å²) in [5.41, 5.74) is 0.686. The number of benzene rings is 2. The summed E-state index contributed by atoms with van der Waals surface area (Å²) in [5.74, 6) is -0.177. The van der Waals surface area contributed by atoms with E-state index < -0.39 is 17.6 Å². The molecule has 0 radical (unpaired) electrons. The molecule has 33 heavy (non-hydrogen) atoms. The van der Waals surface area contributed by atoms with Crippen LogP contribution in [0.4, 0.5) is 4.79 Å². The molecule has 1 unspecified atom stereocenters. The number of carboxylic acid groups (broad SMARTS) is 1. The molecule has 1 aliphatic heterocycles. The van der Waals surface area contributed by atoms with Gasteiger partial charge in [0.15, 0.2) is 0 Å². The van der Waals surface area contributed by atoms with Gasteiger partial charge in [-0.3, -0.25) is 4.79 Å². The largest absolute Gasteiger partial charge is 0.489 e. The van der Waals surface area contributed by atoms with E-state index in [-0.39, 0.29) is 19.0 Å². The van der Waals surface area contributed by atoms with Gasteiger partial charge in [-0.15, -0.1) is 0 Å². The number of carbonyl (C=O) groups excluding carboxylic acids is 1. The molecule has 176 valence electrons. The predicted molar refractivity (Wildman–Crippen MR) is 124 cm³/mol. The molecule has 2 fully saturated rings. The summed E-state index contributed by atoms with van der Waals surface area (Å²) in [4.78, 5) is 28.0. The highest BCUT2D eigenvalue weighted by Gasteiger charge is 2.45. The number of amides is 2. The number of carbonyl (C=O) groups is 2. The highest BCUT2D eigenvalue weighted by atomic mass is 16.5. The van der Waals surface area contributed by atoms with Crippen molar-refractivity contribution in [2.75, 3.05) is 26.2 Å². The van der Waals surface area contributed by atoms with E-state index >= 15 is 0 Å². The monoisotopic (exact) mass is 452 g/mol. The Kier molecular flexibility index (Phi) is 7.18. The SMILES string of the molecule is O=C(O)N1CCN(C(=O)C(c2cccc(OCc3ccccc3)c2)C2(O)CCCCC2)CC1. The quantitative estimate of drug-likeness (QED) is 0.695. The summed E-state index contributed by atoms with van der Waals surface area (Å²) in [6, 6.07) is 17.4. The summed E-state index contributed by atoms with van der Waals surface area (Å²) < 4.78 is 5.99. The molecule has 1 saturated carbocycles. The molecule has 1 saturated heterocycles. The highest BCUT2D eigenvalue weighted by molar-refractivity contribution is 5.85. The fraction of sp³-hybridized carbons (Fsp3) is 0.462. The first-order valence-corrected chi connectivity index (χ1v) is 11.7. The smallest absolute Gasteiger partial charge is 0.407 e. The molecule has 1 heterocycles. The minimum atomic E-state index is -1.11. The van der Waals surface area contributed by atoms with Crippen molar-refractivity contribution in [3.8, 4) is 5.75 Å². The molecule has 2 aromatic carbocycles. The van der Waals surface area contributed by atoms with Crippen LogP contribution in [0.15, 0.2) is 54.6 Å². The van der Waals surface area contributed by atoms with E-state index in [9.17, 15) is 19.8 Å². The zero-order chi connectivity index (χ0) is 23.3. The lowest BCUT2D eigenvalue weighted by molar-refractivity contribution is -0.143. The second kappa shape index (κ2) is 10.3. The molecule has 2 N–H and O–H groups in total. The fourth-order valence-electron chi connectivity index (χ4n) is 4.96. The average molecular weight is 453 g/mol. The van der Waals surface area contributed by atoms with E-state index in [1.807, 2.05) is 54.6 Å². The topological polar surface area (TPSA) is 90.3 Å². The maximum absolute atomic E-state index is 13.7. The van der Waals surface area contributed by atoms with E-state index in [0.29, 0.717) is 38.3 Å². The van der Waals surface area contributed by atoms with Crippen molar-refractivity contribution in [2.45, 2.75) is 50.2 Å². The number of aliphatic hydroxyl groups is 1. The normalized spacial score (nSPS) is 19.1. The van der Waals surface area contributed by atoms with Crippen LogP contribution in [0, 0.1) is 0 Å². The summed E-state index contributed by atoms with van der Waals surface area (Å²) in [7, 11) is 0. The van der Waals surface area contributed by atoms with Gasteiger partial charge in [-0.25, -0.2) is 4.79 Å². The van der Waals surface area contributed by atoms with Crippen LogP contribution in [0.5, 0.6) is 5.75 Å². The third-order valence-electron chi connectivity index (χ3n) is 6.81. The van der Waals surface area contributed by atoms with Gasteiger partial charge in [0, 0.05) is 26.2 Å². The average Bonchev–Trinajstić information content (AvgIpc) is 2.84. The highest BCUT2D eigenvalue weighted by Crippen LogP contribution is 2.42. The Bertz CT molecular complexity index is 950. The summed E-state index contributed by atoms with van der Waals surface area (Å²) in [6.45, 7) is 1.66. The van der Waals surface area contributed by atoms with Crippen LogP contribution in [-0.4, -0.2) is 63.8 Å². The Morgan fingerprint density at radius 3 is 2.24 bits per heavy atom. The van der Waals surface area contributed by atoms with Gasteiger partial charge in [0.25, 0.3) is 0 Å². The van der Waals surface area contributed by atoms with Crippen molar-refractivity contribution in [3.63, 3.8) is 0 Å². The molecule has 2 aliphatic rings. The number of hydrogen-bond donors (Lipinski definition) is 2. The Morgan fingerprint density at radius 2 is 1.58 bits per heavy atom. The zero-order valence-corrected chi connectivity index (χ0v) is 18.9. The summed E-state index contributed by atoms with van der Waals surface area (Å²) in [6.07, 6.45) is 3.02. The van der Waals surface area contributed by atoms with Gasteiger partial charge in [0.2, 0.25) is 5.91 Å². The second-order valence-corrected chi connectivity index (χ2v) is 9.04. The molecule has 0 spiro atoms. The van der Waals surface area contributed by atoms with Crippen molar-refractivity contribution in [1.82, 2.24) is 9.80 Å². The van der Waals surface area contributed by atoms with Crippen LogP contribution in [-0.2, 0) is 11.4 Å². The predicted octanol–water partition coefficient (Wildman–Crippen LogP) is 3.87. The van der Waals surface area contributed by atoms with E-state index in [0.717, 1.165) is 30.4 Å². The lowest BCUT2D eigenvalue weighted by Crippen LogP contribution is -2.54. The minimum Gasteiger partial charge on any atom is -0.489 e. The third-order valence-corrected chi connectivity index (χ3v) is 6.81. The lowest BCUT2D eigenvalue weighted by Gasteiger charge is -2.42. The molecular formula is C26H32N2O5. The molecule has 1 aliphatic carbocycles. The van der Waals surface area contributed by atoms with Crippen LogP contribution >= 0.6 is 0 Å². The molecule has 7 heteroatoms. The fourth-order valence-corrected chi connectivity index (χ4v) is 4.96. The standard InChI is InChI=1S/C26H32N2O5/c29-24(27-14-16-28(17-15-27)25(30)31)23(26(32)12-5-2-6-13-26)21-10-7-11-22(18-21)33-19-20-8-3-1-4-9-20/h1,3-4,7-11,18,23,32H,2,5-6,12-17,19H2,(H,30,31). The first-order chi connectivity index (χ1) is 16.0. The molecule has 0 aromatic heterocycles. The number of rotatable bonds is 6. The Hall–Kier alpha value is -3.06. The minimum absolute atomic E-state index is 0.135. The van der Waals surface area contributed by atoms with Crippen LogP contribution < -0.4 is 4.74 Å². The maximum Gasteiger partial charge on any atom is 0.407 e.